The Morgan fingerprint density at radius 3 is 2.52 bits per heavy atom. The summed E-state index contributed by atoms with van der Waals surface area (Å²) >= 11 is 6.19. The predicted octanol–water partition coefficient (Wildman–Crippen LogP) is 4.60. The Balaban J connectivity index is 2.04. The molecule has 2 aromatic rings. The molecule has 1 saturated carbocycles. The van der Waals surface area contributed by atoms with Crippen molar-refractivity contribution in [2.75, 3.05) is 7.11 Å². The van der Waals surface area contributed by atoms with Gasteiger partial charge in [0.2, 0.25) is 0 Å². The SMILES string of the molecule is COc1ccc(Cl)cc1[C@H]1[C@H](c2nc(C)[nH]c2C)C1(C)C. The Labute approximate surface area is 130 Å². The molecule has 1 aliphatic carbocycles. The molecule has 0 bridgehead atoms. The third-order valence-corrected chi connectivity index (χ3v) is 4.92. The summed E-state index contributed by atoms with van der Waals surface area (Å²) in [5.41, 5.74) is 3.67. The molecule has 1 N–H and O–H groups in total. The van der Waals surface area contributed by atoms with Gasteiger partial charge >= 0.3 is 0 Å². The summed E-state index contributed by atoms with van der Waals surface area (Å²) < 4.78 is 5.53. The second kappa shape index (κ2) is 4.77. The minimum Gasteiger partial charge on any atom is -0.496 e. The number of hydrogen-bond donors (Lipinski definition) is 1. The maximum absolute atomic E-state index is 6.19. The van der Waals surface area contributed by atoms with Gasteiger partial charge in [-0.2, -0.15) is 0 Å². The van der Waals surface area contributed by atoms with E-state index in [-0.39, 0.29) is 5.41 Å². The molecular formula is C17H21ClN2O. The van der Waals surface area contributed by atoms with E-state index in [1.54, 1.807) is 7.11 Å². The summed E-state index contributed by atoms with van der Waals surface area (Å²) in [7, 11) is 1.71. The molecule has 0 aliphatic heterocycles. The van der Waals surface area contributed by atoms with E-state index < -0.39 is 0 Å². The molecule has 112 valence electrons. The molecule has 0 saturated heterocycles. The van der Waals surface area contributed by atoms with Crippen LogP contribution in [0.5, 0.6) is 5.75 Å². The lowest BCUT2D eigenvalue weighted by molar-refractivity contribution is 0.407. The van der Waals surface area contributed by atoms with E-state index in [1.807, 2.05) is 25.1 Å². The summed E-state index contributed by atoms with van der Waals surface area (Å²) in [6.45, 7) is 8.66. The molecule has 2 atom stereocenters. The van der Waals surface area contributed by atoms with Gasteiger partial charge in [0.1, 0.15) is 11.6 Å². The Bertz CT molecular complexity index is 690. The van der Waals surface area contributed by atoms with Crippen molar-refractivity contribution < 1.29 is 4.74 Å². The van der Waals surface area contributed by atoms with Crippen molar-refractivity contribution >= 4 is 11.6 Å². The highest BCUT2D eigenvalue weighted by Gasteiger charge is 2.61. The fraction of sp³-hybridized carbons (Fsp3) is 0.471. The number of rotatable bonds is 3. The lowest BCUT2D eigenvalue weighted by atomic mass is 10.0. The summed E-state index contributed by atoms with van der Waals surface area (Å²) in [5.74, 6) is 2.66. The lowest BCUT2D eigenvalue weighted by Gasteiger charge is -2.10. The van der Waals surface area contributed by atoms with E-state index in [0.29, 0.717) is 11.8 Å². The molecule has 1 aliphatic rings. The van der Waals surface area contributed by atoms with E-state index >= 15 is 0 Å². The maximum atomic E-state index is 6.19. The molecule has 3 nitrogen and oxygen atoms in total. The normalized spacial score (nSPS) is 23.1. The highest BCUT2D eigenvalue weighted by atomic mass is 35.5. The zero-order valence-corrected chi connectivity index (χ0v) is 13.9. The molecule has 0 radical (unpaired) electrons. The summed E-state index contributed by atoms with van der Waals surface area (Å²) in [6.07, 6.45) is 0. The fourth-order valence-electron chi connectivity index (χ4n) is 3.61. The number of imidazole rings is 1. The van der Waals surface area contributed by atoms with Gasteiger partial charge < -0.3 is 9.72 Å². The third kappa shape index (κ3) is 2.24. The quantitative estimate of drug-likeness (QED) is 0.900. The smallest absolute Gasteiger partial charge is 0.122 e. The van der Waals surface area contributed by atoms with Crippen LogP contribution in [0.4, 0.5) is 0 Å². The van der Waals surface area contributed by atoms with Gasteiger partial charge in [-0.25, -0.2) is 4.98 Å². The minimum absolute atomic E-state index is 0.157. The van der Waals surface area contributed by atoms with Gasteiger partial charge in [-0.05, 0) is 43.0 Å². The Hall–Kier alpha value is -1.48. The topological polar surface area (TPSA) is 37.9 Å². The average molecular weight is 305 g/mol. The van der Waals surface area contributed by atoms with Crippen molar-refractivity contribution in [2.45, 2.75) is 39.5 Å². The molecule has 0 spiro atoms. The molecule has 0 unspecified atom stereocenters. The highest BCUT2D eigenvalue weighted by Crippen LogP contribution is 2.71. The molecule has 1 aromatic heterocycles. The fourth-order valence-corrected chi connectivity index (χ4v) is 3.79. The van der Waals surface area contributed by atoms with E-state index in [9.17, 15) is 0 Å². The van der Waals surface area contributed by atoms with Crippen molar-refractivity contribution in [1.29, 1.82) is 0 Å². The summed E-state index contributed by atoms with van der Waals surface area (Å²) in [4.78, 5) is 8.00. The molecule has 1 aromatic carbocycles. The average Bonchev–Trinajstić information content (AvgIpc) is 2.81. The second-order valence-corrected chi connectivity index (χ2v) is 6.93. The highest BCUT2D eigenvalue weighted by molar-refractivity contribution is 6.30. The zero-order valence-electron chi connectivity index (χ0n) is 13.1. The first-order valence-electron chi connectivity index (χ1n) is 7.22. The van der Waals surface area contributed by atoms with Crippen molar-refractivity contribution in [3.63, 3.8) is 0 Å². The monoisotopic (exact) mass is 304 g/mol. The molecule has 21 heavy (non-hydrogen) atoms. The van der Waals surface area contributed by atoms with Crippen LogP contribution < -0.4 is 4.74 Å². The standard InChI is InChI=1S/C17H21ClN2O/c1-9-16(20-10(2)19-9)15-14(17(15,3)4)12-8-11(18)6-7-13(12)21-5/h6-8,14-15H,1-5H3,(H,19,20)/t14-,15+/m0/s1. The Morgan fingerprint density at radius 2 is 1.95 bits per heavy atom. The van der Waals surface area contributed by atoms with E-state index in [2.05, 4.69) is 25.8 Å². The molecule has 0 amide bonds. The van der Waals surface area contributed by atoms with Gasteiger partial charge in [0.25, 0.3) is 0 Å². The number of aromatic amines is 1. The number of nitrogens with one attached hydrogen (secondary N) is 1. The first kappa shape index (κ1) is 14.5. The number of benzene rings is 1. The second-order valence-electron chi connectivity index (χ2n) is 6.50. The van der Waals surface area contributed by atoms with Crippen molar-refractivity contribution in [1.82, 2.24) is 9.97 Å². The number of aryl methyl sites for hydroxylation is 2. The van der Waals surface area contributed by atoms with Crippen LogP contribution in [0.3, 0.4) is 0 Å². The van der Waals surface area contributed by atoms with Gasteiger partial charge in [0.05, 0.1) is 12.8 Å². The number of nitrogens with zero attached hydrogens (tertiary/aromatic N) is 1. The largest absolute Gasteiger partial charge is 0.496 e. The molecule has 1 heterocycles. The van der Waals surface area contributed by atoms with Gasteiger partial charge in [-0.15, -0.1) is 0 Å². The van der Waals surface area contributed by atoms with Crippen molar-refractivity contribution in [2.24, 2.45) is 5.41 Å². The Kier molecular flexibility index (Phi) is 3.28. The lowest BCUT2D eigenvalue weighted by Crippen LogP contribution is -1.94. The van der Waals surface area contributed by atoms with Crippen LogP contribution >= 0.6 is 11.6 Å². The van der Waals surface area contributed by atoms with Gasteiger partial charge in [-0.3, -0.25) is 0 Å². The Morgan fingerprint density at radius 1 is 1.24 bits per heavy atom. The van der Waals surface area contributed by atoms with E-state index in [4.69, 9.17) is 21.3 Å². The number of hydrogen-bond acceptors (Lipinski definition) is 2. The van der Waals surface area contributed by atoms with Gasteiger partial charge in [0.15, 0.2) is 0 Å². The third-order valence-electron chi connectivity index (χ3n) is 4.69. The van der Waals surface area contributed by atoms with Crippen LogP contribution in [0.15, 0.2) is 18.2 Å². The number of ether oxygens (including phenoxy) is 1. The minimum atomic E-state index is 0.157. The number of halogens is 1. The van der Waals surface area contributed by atoms with Crippen molar-refractivity contribution in [3.8, 4) is 5.75 Å². The van der Waals surface area contributed by atoms with Crippen LogP contribution in [0.1, 0.15) is 48.5 Å². The molecule has 3 rings (SSSR count). The van der Waals surface area contributed by atoms with Gasteiger partial charge in [-0.1, -0.05) is 25.4 Å². The van der Waals surface area contributed by atoms with Crippen LogP contribution in [-0.2, 0) is 0 Å². The number of aromatic nitrogens is 2. The predicted molar refractivity (Wildman–Crippen MR) is 85.3 cm³/mol. The van der Waals surface area contributed by atoms with Crippen LogP contribution in [0.2, 0.25) is 5.02 Å². The van der Waals surface area contributed by atoms with E-state index in [1.165, 1.54) is 11.3 Å². The molecule has 1 fully saturated rings. The van der Waals surface area contributed by atoms with E-state index in [0.717, 1.165) is 22.3 Å². The van der Waals surface area contributed by atoms with Crippen LogP contribution in [0, 0.1) is 19.3 Å². The summed E-state index contributed by atoms with van der Waals surface area (Å²) in [5, 5.41) is 0.752. The molecular weight excluding hydrogens is 284 g/mol. The van der Waals surface area contributed by atoms with Gasteiger partial charge in [0, 0.05) is 22.6 Å². The first-order chi connectivity index (χ1) is 9.86. The number of H-pyrrole nitrogens is 1. The maximum Gasteiger partial charge on any atom is 0.122 e. The van der Waals surface area contributed by atoms with Crippen LogP contribution in [0.25, 0.3) is 0 Å². The van der Waals surface area contributed by atoms with Crippen LogP contribution in [-0.4, -0.2) is 17.1 Å². The first-order valence-corrected chi connectivity index (χ1v) is 7.60. The zero-order chi connectivity index (χ0) is 15.4. The number of methoxy groups -OCH3 is 1. The summed E-state index contributed by atoms with van der Waals surface area (Å²) in [6, 6.07) is 5.85. The van der Waals surface area contributed by atoms with Crippen molar-refractivity contribution in [3.05, 3.63) is 46.0 Å². The molecule has 4 heteroatoms.